The normalized spacial score (nSPS) is 11.5. The van der Waals surface area contributed by atoms with Gasteiger partial charge in [0.1, 0.15) is 5.82 Å². The maximum absolute atomic E-state index is 4.58. The number of nitrogens with zero attached hydrogens (tertiary/aromatic N) is 3. The summed E-state index contributed by atoms with van der Waals surface area (Å²) in [5.41, 5.74) is 1.29. The minimum absolute atomic E-state index is 0.823. The molecule has 1 aromatic carbocycles. The van der Waals surface area contributed by atoms with Crippen molar-refractivity contribution in [2.75, 3.05) is 19.6 Å². The molecule has 0 radical (unpaired) electrons. The van der Waals surface area contributed by atoms with Gasteiger partial charge in [-0.25, -0.2) is 4.98 Å². The zero-order valence-electron chi connectivity index (χ0n) is 14.8. The Morgan fingerprint density at radius 1 is 1.17 bits per heavy atom. The van der Waals surface area contributed by atoms with E-state index in [1.165, 1.54) is 12.0 Å². The molecular formula is C19H29N5. The monoisotopic (exact) mass is 327 g/mol. The number of nitrogens with one attached hydrogen (secondary N) is 2. The van der Waals surface area contributed by atoms with E-state index in [-0.39, 0.29) is 0 Å². The first-order chi connectivity index (χ1) is 11.8. The summed E-state index contributed by atoms with van der Waals surface area (Å²) in [4.78, 5) is 9.07. The molecule has 2 rings (SSSR count). The molecule has 0 unspecified atom stereocenters. The molecule has 0 saturated heterocycles. The van der Waals surface area contributed by atoms with Crippen LogP contribution in [0.5, 0.6) is 0 Å². The number of aliphatic imine (C=N–C) groups is 1. The van der Waals surface area contributed by atoms with Crippen molar-refractivity contribution in [1.29, 1.82) is 0 Å². The highest BCUT2D eigenvalue weighted by atomic mass is 15.2. The molecule has 0 saturated carbocycles. The maximum Gasteiger partial charge on any atom is 0.191 e. The van der Waals surface area contributed by atoms with Gasteiger partial charge < -0.3 is 15.2 Å². The Morgan fingerprint density at radius 3 is 2.75 bits per heavy atom. The van der Waals surface area contributed by atoms with Gasteiger partial charge in [0.25, 0.3) is 0 Å². The molecule has 0 fully saturated rings. The number of unbranched alkanes of at least 4 members (excludes halogenated alkanes) is 1. The Hall–Kier alpha value is -2.30. The molecule has 0 aliphatic rings. The second kappa shape index (κ2) is 10.5. The van der Waals surface area contributed by atoms with Crippen LogP contribution in [-0.4, -0.2) is 35.1 Å². The van der Waals surface area contributed by atoms with E-state index in [9.17, 15) is 0 Å². The van der Waals surface area contributed by atoms with Crippen LogP contribution in [0, 0.1) is 0 Å². The zero-order chi connectivity index (χ0) is 17.0. The third kappa shape index (κ3) is 6.07. The van der Waals surface area contributed by atoms with Crippen LogP contribution in [0.2, 0.25) is 0 Å². The topological polar surface area (TPSA) is 54.2 Å². The third-order valence-electron chi connectivity index (χ3n) is 3.76. The van der Waals surface area contributed by atoms with Crippen molar-refractivity contribution < 1.29 is 0 Å². The first-order valence-corrected chi connectivity index (χ1v) is 8.89. The Kier molecular flexibility index (Phi) is 7.87. The number of imidazole rings is 1. The third-order valence-corrected chi connectivity index (χ3v) is 3.76. The highest BCUT2D eigenvalue weighted by molar-refractivity contribution is 5.79. The lowest BCUT2D eigenvalue weighted by Gasteiger charge is -2.12. The number of rotatable bonds is 9. The fourth-order valence-corrected chi connectivity index (χ4v) is 2.48. The van der Waals surface area contributed by atoms with E-state index < -0.39 is 0 Å². The maximum atomic E-state index is 4.58. The predicted molar refractivity (Wildman–Crippen MR) is 100 cm³/mol. The van der Waals surface area contributed by atoms with Crippen molar-refractivity contribution >= 4 is 5.96 Å². The highest BCUT2D eigenvalue weighted by Gasteiger charge is 2.04. The molecule has 0 aliphatic carbocycles. The number of hydrogen-bond acceptors (Lipinski definition) is 2. The van der Waals surface area contributed by atoms with E-state index >= 15 is 0 Å². The number of benzene rings is 1. The average molecular weight is 327 g/mol. The van der Waals surface area contributed by atoms with Crippen molar-refractivity contribution in [3.8, 4) is 0 Å². The average Bonchev–Trinajstić information content (AvgIpc) is 3.03. The molecular weight excluding hydrogens is 298 g/mol. The molecule has 2 N–H and O–H groups in total. The van der Waals surface area contributed by atoms with Crippen molar-refractivity contribution in [2.45, 2.75) is 39.7 Å². The van der Waals surface area contributed by atoms with Crippen molar-refractivity contribution in [3.63, 3.8) is 0 Å². The molecule has 0 bridgehead atoms. The minimum atomic E-state index is 0.823. The second-order valence-electron chi connectivity index (χ2n) is 5.75. The molecule has 1 aromatic heterocycles. The smallest absolute Gasteiger partial charge is 0.191 e. The molecule has 130 valence electrons. The van der Waals surface area contributed by atoms with Crippen LogP contribution in [0.4, 0.5) is 0 Å². The number of hydrogen-bond donors (Lipinski definition) is 2. The van der Waals surface area contributed by atoms with Crippen molar-refractivity contribution in [3.05, 3.63) is 54.1 Å². The summed E-state index contributed by atoms with van der Waals surface area (Å²) in [6.45, 7) is 7.70. The van der Waals surface area contributed by atoms with Crippen LogP contribution in [0.1, 0.15) is 38.1 Å². The first kappa shape index (κ1) is 18.0. The van der Waals surface area contributed by atoms with Crippen LogP contribution in [-0.2, 0) is 13.0 Å². The SMILES string of the molecule is CCCCN=C(NCC)NCCc1nccn1Cc1ccccc1. The lowest BCUT2D eigenvalue weighted by molar-refractivity contribution is 0.693. The van der Waals surface area contributed by atoms with Crippen molar-refractivity contribution in [1.82, 2.24) is 20.2 Å². The van der Waals surface area contributed by atoms with Crippen LogP contribution < -0.4 is 10.6 Å². The van der Waals surface area contributed by atoms with Gasteiger partial charge in [-0.2, -0.15) is 0 Å². The zero-order valence-corrected chi connectivity index (χ0v) is 14.8. The largest absolute Gasteiger partial charge is 0.357 e. The fraction of sp³-hybridized carbons (Fsp3) is 0.474. The summed E-state index contributed by atoms with van der Waals surface area (Å²) >= 11 is 0. The molecule has 0 atom stereocenters. The lowest BCUT2D eigenvalue weighted by Crippen LogP contribution is -2.38. The van der Waals surface area contributed by atoms with Crippen LogP contribution >= 0.6 is 0 Å². The number of guanidine groups is 1. The van der Waals surface area contributed by atoms with E-state index in [1.807, 2.05) is 18.5 Å². The molecule has 1 heterocycles. The van der Waals surface area contributed by atoms with Gasteiger partial charge in [0.05, 0.1) is 0 Å². The van der Waals surface area contributed by atoms with E-state index in [2.05, 4.69) is 63.3 Å². The van der Waals surface area contributed by atoms with E-state index in [1.54, 1.807) is 0 Å². The van der Waals surface area contributed by atoms with E-state index in [0.717, 1.165) is 50.8 Å². The van der Waals surface area contributed by atoms with Crippen LogP contribution in [0.25, 0.3) is 0 Å². The Labute approximate surface area is 145 Å². The molecule has 0 spiro atoms. The molecule has 2 aromatic rings. The van der Waals surface area contributed by atoms with Gasteiger partial charge in [0, 0.05) is 45.0 Å². The molecule has 0 aliphatic heterocycles. The standard InChI is InChI=1S/C19H29N5/c1-3-5-12-22-19(20-4-2)23-13-11-18-21-14-15-24(18)16-17-9-7-6-8-10-17/h6-10,14-15H,3-5,11-13,16H2,1-2H3,(H2,20,22,23). The highest BCUT2D eigenvalue weighted by Crippen LogP contribution is 2.05. The summed E-state index contributed by atoms with van der Waals surface area (Å²) < 4.78 is 2.21. The fourth-order valence-electron chi connectivity index (χ4n) is 2.48. The van der Waals surface area contributed by atoms with Crippen molar-refractivity contribution in [2.24, 2.45) is 4.99 Å². The Bertz CT molecular complexity index is 603. The first-order valence-electron chi connectivity index (χ1n) is 8.89. The molecule has 24 heavy (non-hydrogen) atoms. The molecule has 5 heteroatoms. The van der Waals surface area contributed by atoms with Gasteiger partial charge in [0.2, 0.25) is 0 Å². The van der Waals surface area contributed by atoms with Gasteiger partial charge in [-0.05, 0) is 18.9 Å². The summed E-state index contributed by atoms with van der Waals surface area (Å²) in [5, 5.41) is 6.68. The van der Waals surface area contributed by atoms with Gasteiger partial charge in [-0.15, -0.1) is 0 Å². The molecule has 0 amide bonds. The van der Waals surface area contributed by atoms with E-state index in [4.69, 9.17) is 0 Å². The predicted octanol–water partition coefficient (Wildman–Crippen LogP) is 2.83. The van der Waals surface area contributed by atoms with E-state index in [0.29, 0.717) is 0 Å². The minimum Gasteiger partial charge on any atom is -0.357 e. The van der Waals surface area contributed by atoms with Crippen LogP contribution in [0.3, 0.4) is 0 Å². The summed E-state index contributed by atoms with van der Waals surface area (Å²) in [6, 6.07) is 10.5. The summed E-state index contributed by atoms with van der Waals surface area (Å²) in [5.74, 6) is 1.99. The number of aromatic nitrogens is 2. The Balaban J connectivity index is 1.85. The lowest BCUT2D eigenvalue weighted by atomic mass is 10.2. The van der Waals surface area contributed by atoms with Gasteiger partial charge in [-0.1, -0.05) is 43.7 Å². The van der Waals surface area contributed by atoms with Crippen LogP contribution in [0.15, 0.2) is 47.7 Å². The Morgan fingerprint density at radius 2 is 2.00 bits per heavy atom. The van der Waals surface area contributed by atoms with Gasteiger partial charge in [-0.3, -0.25) is 4.99 Å². The van der Waals surface area contributed by atoms with Gasteiger partial charge in [0.15, 0.2) is 5.96 Å². The second-order valence-corrected chi connectivity index (χ2v) is 5.75. The molecule has 5 nitrogen and oxygen atoms in total. The quantitative estimate of drug-likeness (QED) is 0.423. The van der Waals surface area contributed by atoms with Gasteiger partial charge >= 0.3 is 0 Å². The summed E-state index contributed by atoms with van der Waals surface area (Å²) in [7, 11) is 0. The summed E-state index contributed by atoms with van der Waals surface area (Å²) in [6.07, 6.45) is 7.08.